The second kappa shape index (κ2) is 17.3. The van der Waals surface area contributed by atoms with E-state index in [1.54, 1.807) is 24.3 Å². The van der Waals surface area contributed by atoms with Crippen molar-refractivity contribution in [2.75, 3.05) is 13.1 Å². The Morgan fingerprint density at radius 3 is 2.55 bits per heavy atom. The molecule has 0 radical (unpaired) electrons. The summed E-state index contributed by atoms with van der Waals surface area (Å²) in [6, 6.07) is 5.55. The summed E-state index contributed by atoms with van der Waals surface area (Å²) in [5.41, 5.74) is 9.23. The standard InChI is InChI=1S/C26H35N7O5/c1-2-3-5-14-29-23(34)13-10-20-8-11-21(12-9-20)38-26(37)22(18-25(36)33-17-16-28-19-33)31-24(35)7-4-6-15-30-32-27/h8-9,11-12,16-17,19,22H,2-7,10,13-15,18H2,1H3,(H,29,34)(H,31,35). The number of benzene rings is 1. The average Bonchev–Trinajstić information content (AvgIpc) is 3.45. The number of aryl methyl sites for hydroxylation is 1. The Morgan fingerprint density at radius 1 is 1.08 bits per heavy atom. The zero-order valence-electron chi connectivity index (χ0n) is 21.7. The molecule has 38 heavy (non-hydrogen) atoms. The number of carbonyl (C=O) groups excluding carboxylic acids is 4. The highest BCUT2D eigenvalue weighted by Gasteiger charge is 2.26. The second-order valence-corrected chi connectivity index (χ2v) is 8.72. The number of rotatable bonds is 17. The number of imidazole rings is 1. The van der Waals surface area contributed by atoms with Crippen molar-refractivity contribution in [3.8, 4) is 5.75 Å². The molecule has 2 N–H and O–H groups in total. The SMILES string of the molecule is CCCCCNC(=O)CCc1ccc(OC(=O)C(CC(=O)n2ccnc2)NC(=O)CCCCN=[N+]=[N-])cc1. The van der Waals surface area contributed by atoms with Gasteiger partial charge in [0.05, 0.1) is 6.42 Å². The van der Waals surface area contributed by atoms with Crippen molar-refractivity contribution >= 4 is 23.7 Å². The molecule has 1 aromatic carbocycles. The maximum absolute atomic E-state index is 12.9. The average molecular weight is 526 g/mol. The molecule has 204 valence electrons. The third-order valence-corrected chi connectivity index (χ3v) is 5.65. The smallest absolute Gasteiger partial charge is 0.334 e. The summed E-state index contributed by atoms with van der Waals surface area (Å²) in [6.45, 7) is 3.06. The van der Waals surface area contributed by atoms with Crippen molar-refractivity contribution in [3.63, 3.8) is 0 Å². The summed E-state index contributed by atoms with van der Waals surface area (Å²) in [4.78, 5) is 56.3. The molecule has 0 saturated carbocycles. The van der Waals surface area contributed by atoms with Gasteiger partial charge in [0.25, 0.3) is 0 Å². The van der Waals surface area contributed by atoms with E-state index >= 15 is 0 Å². The molecule has 2 amide bonds. The highest BCUT2D eigenvalue weighted by atomic mass is 16.5. The lowest BCUT2D eigenvalue weighted by atomic mass is 10.1. The Balaban J connectivity index is 1.92. The Kier molecular flexibility index (Phi) is 13.7. The van der Waals surface area contributed by atoms with Gasteiger partial charge in [0, 0.05) is 43.2 Å². The molecule has 1 heterocycles. The van der Waals surface area contributed by atoms with E-state index in [0.29, 0.717) is 32.2 Å². The second-order valence-electron chi connectivity index (χ2n) is 8.72. The van der Waals surface area contributed by atoms with E-state index < -0.39 is 23.8 Å². The Bertz CT molecular complexity index is 1080. The van der Waals surface area contributed by atoms with Crippen molar-refractivity contribution in [2.24, 2.45) is 5.11 Å². The lowest BCUT2D eigenvalue weighted by molar-refractivity contribution is -0.139. The van der Waals surface area contributed by atoms with Crippen LogP contribution in [-0.4, -0.2) is 52.4 Å². The van der Waals surface area contributed by atoms with Gasteiger partial charge in [-0.2, -0.15) is 0 Å². The normalized spacial score (nSPS) is 11.2. The number of esters is 1. The molecule has 12 nitrogen and oxygen atoms in total. The van der Waals surface area contributed by atoms with Crippen molar-refractivity contribution in [1.82, 2.24) is 20.2 Å². The van der Waals surface area contributed by atoms with E-state index in [1.165, 1.54) is 23.3 Å². The highest BCUT2D eigenvalue weighted by Crippen LogP contribution is 2.15. The van der Waals surface area contributed by atoms with Crippen LogP contribution >= 0.6 is 0 Å². The molecule has 0 fully saturated rings. The van der Waals surface area contributed by atoms with Gasteiger partial charge in [-0.1, -0.05) is 37.0 Å². The third kappa shape index (κ3) is 11.7. The molecule has 0 bridgehead atoms. The number of aromatic nitrogens is 2. The number of hydrogen-bond acceptors (Lipinski definition) is 7. The monoisotopic (exact) mass is 525 g/mol. The molecule has 0 saturated heterocycles. The number of unbranched alkanes of at least 4 members (excludes halogenated alkanes) is 3. The summed E-state index contributed by atoms with van der Waals surface area (Å²) in [6.07, 6.45) is 9.02. The number of nitrogens with one attached hydrogen (secondary N) is 2. The number of carbonyl (C=O) groups is 4. The van der Waals surface area contributed by atoms with Crippen molar-refractivity contribution in [1.29, 1.82) is 0 Å². The van der Waals surface area contributed by atoms with E-state index in [9.17, 15) is 19.2 Å². The van der Waals surface area contributed by atoms with Gasteiger partial charge in [-0.15, -0.1) is 0 Å². The predicted octanol–water partition coefficient (Wildman–Crippen LogP) is 3.72. The first-order valence-corrected chi connectivity index (χ1v) is 12.8. The first kappa shape index (κ1) is 30.0. The minimum Gasteiger partial charge on any atom is -0.425 e. The summed E-state index contributed by atoms with van der Waals surface area (Å²) in [5, 5.41) is 8.90. The summed E-state index contributed by atoms with van der Waals surface area (Å²) in [5.74, 6) is -1.38. The van der Waals surface area contributed by atoms with E-state index in [-0.39, 0.29) is 31.0 Å². The zero-order valence-corrected chi connectivity index (χ0v) is 21.7. The molecule has 1 unspecified atom stereocenters. The van der Waals surface area contributed by atoms with E-state index in [4.69, 9.17) is 10.3 Å². The lowest BCUT2D eigenvalue weighted by Crippen LogP contribution is -2.44. The molecule has 12 heteroatoms. The topological polar surface area (TPSA) is 168 Å². The Morgan fingerprint density at radius 2 is 1.87 bits per heavy atom. The number of ether oxygens (including phenoxy) is 1. The molecule has 2 aromatic rings. The van der Waals surface area contributed by atoms with Crippen LogP contribution in [0.2, 0.25) is 0 Å². The fourth-order valence-corrected chi connectivity index (χ4v) is 3.52. The molecule has 0 spiro atoms. The largest absolute Gasteiger partial charge is 0.425 e. The maximum atomic E-state index is 12.9. The summed E-state index contributed by atoms with van der Waals surface area (Å²) >= 11 is 0. The minimum absolute atomic E-state index is 0.00413. The molecule has 2 rings (SSSR count). The van der Waals surface area contributed by atoms with Gasteiger partial charge in [-0.3, -0.25) is 19.0 Å². The van der Waals surface area contributed by atoms with Gasteiger partial charge >= 0.3 is 5.97 Å². The van der Waals surface area contributed by atoms with Gasteiger partial charge in [0.2, 0.25) is 17.7 Å². The van der Waals surface area contributed by atoms with E-state index in [0.717, 1.165) is 24.8 Å². The highest BCUT2D eigenvalue weighted by molar-refractivity contribution is 5.91. The third-order valence-electron chi connectivity index (χ3n) is 5.65. The van der Waals surface area contributed by atoms with Crippen LogP contribution < -0.4 is 15.4 Å². The van der Waals surface area contributed by atoms with Crippen molar-refractivity contribution < 1.29 is 23.9 Å². The van der Waals surface area contributed by atoms with Gasteiger partial charge in [0.15, 0.2) is 0 Å². The quantitative estimate of drug-likeness (QED) is 0.0796. The van der Waals surface area contributed by atoms with Crippen LogP contribution in [-0.2, 0) is 20.8 Å². The Labute approximate surface area is 221 Å². The van der Waals surface area contributed by atoms with Gasteiger partial charge < -0.3 is 15.4 Å². The van der Waals surface area contributed by atoms with Crippen molar-refractivity contribution in [3.05, 3.63) is 59.0 Å². The van der Waals surface area contributed by atoms with Crippen LogP contribution in [0.4, 0.5) is 0 Å². The van der Waals surface area contributed by atoms with Crippen molar-refractivity contribution in [2.45, 2.75) is 70.8 Å². The first-order valence-electron chi connectivity index (χ1n) is 12.8. The summed E-state index contributed by atoms with van der Waals surface area (Å²) in [7, 11) is 0. The molecule has 0 aliphatic rings. The van der Waals surface area contributed by atoms with Gasteiger partial charge in [-0.05, 0) is 48.9 Å². The van der Waals surface area contributed by atoms with Crippen LogP contribution in [0.1, 0.15) is 68.6 Å². The molecule has 1 aromatic heterocycles. The predicted molar refractivity (Wildman–Crippen MR) is 140 cm³/mol. The molecular weight excluding hydrogens is 490 g/mol. The molecule has 0 aliphatic heterocycles. The van der Waals surface area contributed by atoms with Crippen LogP contribution in [0.25, 0.3) is 10.4 Å². The number of azide groups is 1. The van der Waals surface area contributed by atoms with Crippen LogP contribution in [0.15, 0.2) is 48.1 Å². The van der Waals surface area contributed by atoms with Crippen LogP contribution in [0.5, 0.6) is 5.75 Å². The molecule has 0 aliphatic carbocycles. The van der Waals surface area contributed by atoms with Gasteiger partial charge in [0.1, 0.15) is 18.1 Å². The van der Waals surface area contributed by atoms with E-state index in [2.05, 4.69) is 32.6 Å². The maximum Gasteiger partial charge on any atom is 0.334 e. The Hall–Kier alpha value is -4.18. The first-order chi connectivity index (χ1) is 18.4. The van der Waals surface area contributed by atoms with Crippen LogP contribution in [0, 0.1) is 0 Å². The minimum atomic E-state index is -1.20. The van der Waals surface area contributed by atoms with Crippen LogP contribution in [0.3, 0.4) is 0 Å². The number of hydrogen-bond donors (Lipinski definition) is 2. The summed E-state index contributed by atoms with van der Waals surface area (Å²) < 4.78 is 6.67. The fourth-order valence-electron chi connectivity index (χ4n) is 3.52. The van der Waals surface area contributed by atoms with E-state index in [1.807, 2.05) is 0 Å². The lowest BCUT2D eigenvalue weighted by Gasteiger charge is -2.17. The number of amides is 2. The van der Waals surface area contributed by atoms with Gasteiger partial charge in [-0.25, -0.2) is 9.78 Å². The molecular formula is C26H35N7O5. The zero-order chi connectivity index (χ0) is 27.6. The molecule has 1 atom stereocenters. The fraction of sp³-hybridized carbons (Fsp3) is 0.500. The number of nitrogens with zero attached hydrogens (tertiary/aromatic N) is 5.